The van der Waals surface area contributed by atoms with Crippen molar-refractivity contribution in [2.75, 3.05) is 24.9 Å². The summed E-state index contributed by atoms with van der Waals surface area (Å²) in [6.45, 7) is 1.96. The van der Waals surface area contributed by atoms with E-state index in [0.717, 1.165) is 16.9 Å². The zero-order valence-electron chi connectivity index (χ0n) is 14.6. The highest BCUT2D eigenvalue weighted by Crippen LogP contribution is 2.30. The van der Waals surface area contributed by atoms with Gasteiger partial charge in [-0.2, -0.15) is 10.1 Å². The molecule has 2 aromatic carbocycles. The fraction of sp³-hybridized carbons (Fsp3) is 0.167. The minimum Gasteiger partial charge on any atom is -0.493 e. The summed E-state index contributed by atoms with van der Waals surface area (Å²) in [5, 5.41) is 15.0. The first-order valence-corrected chi connectivity index (χ1v) is 8.19. The molecule has 0 radical (unpaired) electrons. The maximum atomic E-state index is 5.99. The topological polar surface area (TPSA) is 81.2 Å². The van der Waals surface area contributed by atoms with E-state index in [4.69, 9.17) is 21.1 Å². The number of aromatic nitrogens is 3. The molecule has 134 valence electrons. The molecular weight excluding hydrogens is 354 g/mol. The standard InChI is InChI=1S/C18H18ClN5O2/c1-11-8-12(19)4-6-14(11)22-17-10-20-24-18(23-17)21-13-5-7-15(25-2)16(9-13)26-3/h4-10H,1-3H3,(H2,21,22,23,24). The van der Waals surface area contributed by atoms with Crippen molar-refractivity contribution in [1.82, 2.24) is 15.2 Å². The van der Waals surface area contributed by atoms with Gasteiger partial charge in [0.2, 0.25) is 5.95 Å². The number of methoxy groups -OCH3 is 2. The van der Waals surface area contributed by atoms with Gasteiger partial charge in [0, 0.05) is 22.5 Å². The number of nitrogens with one attached hydrogen (secondary N) is 2. The van der Waals surface area contributed by atoms with Crippen molar-refractivity contribution < 1.29 is 9.47 Å². The first-order chi connectivity index (χ1) is 12.6. The number of anilines is 4. The molecule has 0 unspecified atom stereocenters. The Hall–Kier alpha value is -3.06. The lowest BCUT2D eigenvalue weighted by Crippen LogP contribution is -2.03. The molecule has 1 aromatic heterocycles. The molecule has 8 heteroatoms. The molecule has 0 spiro atoms. The highest BCUT2D eigenvalue weighted by molar-refractivity contribution is 6.30. The van der Waals surface area contributed by atoms with Crippen LogP contribution in [0.4, 0.5) is 23.1 Å². The number of ether oxygens (including phenoxy) is 2. The second kappa shape index (κ2) is 7.88. The average Bonchev–Trinajstić information content (AvgIpc) is 2.64. The SMILES string of the molecule is COc1ccc(Nc2nncc(Nc3ccc(Cl)cc3C)n2)cc1OC. The minimum atomic E-state index is 0.355. The largest absolute Gasteiger partial charge is 0.493 e. The Labute approximate surface area is 156 Å². The zero-order chi connectivity index (χ0) is 18.5. The van der Waals surface area contributed by atoms with Gasteiger partial charge >= 0.3 is 0 Å². The number of aryl methyl sites for hydroxylation is 1. The average molecular weight is 372 g/mol. The van der Waals surface area contributed by atoms with E-state index in [2.05, 4.69) is 25.8 Å². The summed E-state index contributed by atoms with van der Waals surface area (Å²) in [5.41, 5.74) is 2.65. The summed E-state index contributed by atoms with van der Waals surface area (Å²) in [4.78, 5) is 4.42. The van der Waals surface area contributed by atoms with Crippen LogP contribution < -0.4 is 20.1 Å². The second-order valence-corrected chi connectivity index (χ2v) is 5.88. The molecule has 0 aliphatic heterocycles. The van der Waals surface area contributed by atoms with Crippen LogP contribution in [0.3, 0.4) is 0 Å². The van der Waals surface area contributed by atoms with Crippen LogP contribution >= 0.6 is 11.6 Å². The van der Waals surface area contributed by atoms with Gasteiger partial charge in [0.25, 0.3) is 0 Å². The maximum absolute atomic E-state index is 5.99. The summed E-state index contributed by atoms with van der Waals surface area (Å²) in [5.74, 6) is 2.17. The summed E-state index contributed by atoms with van der Waals surface area (Å²) < 4.78 is 10.5. The van der Waals surface area contributed by atoms with E-state index in [1.807, 2.05) is 31.2 Å². The van der Waals surface area contributed by atoms with Crippen molar-refractivity contribution in [2.24, 2.45) is 0 Å². The molecule has 3 rings (SSSR count). The lowest BCUT2D eigenvalue weighted by atomic mass is 10.2. The highest BCUT2D eigenvalue weighted by atomic mass is 35.5. The maximum Gasteiger partial charge on any atom is 0.249 e. The van der Waals surface area contributed by atoms with Gasteiger partial charge in [-0.05, 0) is 42.8 Å². The molecular formula is C18H18ClN5O2. The fourth-order valence-electron chi connectivity index (χ4n) is 2.37. The Balaban J connectivity index is 1.79. The van der Waals surface area contributed by atoms with E-state index in [9.17, 15) is 0 Å². The third-order valence-electron chi connectivity index (χ3n) is 3.65. The first-order valence-electron chi connectivity index (χ1n) is 7.81. The minimum absolute atomic E-state index is 0.355. The molecule has 3 aromatic rings. The van der Waals surface area contributed by atoms with Gasteiger partial charge in [0.05, 0.1) is 20.4 Å². The Morgan fingerprint density at radius 1 is 0.962 bits per heavy atom. The number of hydrogen-bond donors (Lipinski definition) is 2. The third-order valence-corrected chi connectivity index (χ3v) is 3.88. The third kappa shape index (κ3) is 4.12. The number of benzene rings is 2. The van der Waals surface area contributed by atoms with Gasteiger partial charge in [-0.15, -0.1) is 5.10 Å². The van der Waals surface area contributed by atoms with Crippen LogP contribution in [0.15, 0.2) is 42.6 Å². The summed E-state index contributed by atoms with van der Waals surface area (Å²) in [6, 6.07) is 11.0. The van der Waals surface area contributed by atoms with Gasteiger partial charge in [-0.1, -0.05) is 11.6 Å². The molecule has 7 nitrogen and oxygen atoms in total. The molecule has 0 saturated heterocycles. The van der Waals surface area contributed by atoms with Gasteiger partial charge in [0.15, 0.2) is 17.3 Å². The lowest BCUT2D eigenvalue weighted by molar-refractivity contribution is 0.355. The van der Waals surface area contributed by atoms with E-state index >= 15 is 0 Å². The van der Waals surface area contributed by atoms with Crippen LogP contribution in [0.1, 0.15) is 5.56 Å². The van der Waals surface area contributed by atoms with Crippen LogP contribution in [0.25, 0.3) is 0 Å². The first kappa shape index (κ1) is 17.8. The number of hydrogen-bond acceptors (Lipinski definition) is 7. The van der Waals surface area contributed by atoms with E-state index in [-0.39, 0.29) is 0 Å². The predicted octanol–water partition coefficient (Wildman–Crippen LogP) is 4.34. The van der Waals surface area contributed by atoms with E-state index in [1.54, 1.807) is 32.5 Å². The van der Waals surface area contributed by atoms with Crippen molar-refractivity contribution in [3.8, 4) is 11.5 Å². The van der Waals surface area contributed by atoms with Crippen molar-refractivity contribution in [1.29, 1.82) is 0 Å². The number of rotatable bonds is 6. The van der Waals surface area contributed by atoms with Crippen molar-refractivity contribution in [2.45, 2.75) is 6.92 Å². The Kier molecular flexibility index (Phi) is 5.38. The second-order valence-electron chi connectivity index (χ2n) is 5.44. The lowest BCUT2D eigenvalue weighted by Gasteiger charge is -2.11. The number of nitrogens with zero attached hydrogens (tertiary/aromatic N) is 3. The zero-order valence-corrected chi connectivity index (χ0v) is 15.3. The van der Waals surface area contributed by atoms with Crippen molar-refractivity contribution in [3.63, 3.8) is 0 Å². The molecule has 0 fully saturated rings. The molecule has 0 atom stereocenters. The molecule has 0 aliphatic carbocycles. The normalized spacial score (nSPS) is 10.3. The van der Waals surface area contributed by atoms with Crippen LogP contribution in [0.2, 0.25) is 5.02 Å². The highest BCUT2D eigenvalue weighted by Gasteiger charge is 2.07. The van der Waals surface area contributed by atoms with Crippen LogP contribution in [0, 0.1) is 6.92 Å². The summed E-state index contributed by atoms with van der Waals surface area (Å²) in [6.07, 6.45) is 1.55. The summed E-state index contributed by atoms with van der Waals surface area (Å²) >= 11 is 5.99. The Morgan fingerprint density at radius 3 is 2.50 bits per heavy atom. The van der Waals surface area contributed by atoms with Crippen LogP contribution in [-0.2, 0) is 0 Å². The Morgan fingerprint density at radius 2 is 1.77 bits per heavy atom. The molecule has 0 amide bonds. The van der Waals surface area contributed by atoms with Crippen LogP contribution in [0.5, 0.6) is 11.5 Å². The molecule has 0 aliphatic rings. The predicted molar refractivity (Wildman–Crippen MR) is 102 cm³/mol. The van der Waals surface area contributed by atoms with E-state index < -0.39 is 0 Å². The van der Waals surface area contributed by atoms with E-state index in [0.29, 0.717) is 28.3 Å². The fourth-order valence-corrected chi connectivity index (χ4v) is 2.59. The number of halogens is 1. The molecule has 1 heterocycles. The van der Waals surface area contributed by atoms with Gasteiger partial charge in [-0.25, -0.2) is 0 Å². The monoisotopic (exact) mass is 371 g/mol. The van der Waals surface area contributed by atoms with Crippen molar-refractivity contribution >= 4 is 34.7 Å². The van der Waals surface area contributed by atoms with Crippen LogP contribution in [-0.4, -0.2) is 29.4 Å². The quantitative estimate of drug-likeness (QED) is 0.667. The van der Waals surface area contributed by atoms with Gasteiger partial charge < -0.3 is 20.1 Å². The van der Waals surface area contributed by atoms with E-state index in [1.165, 1.54) is 0 Å². The van der Waals surface area contributed by atoms with Gasteiger partial charge in [0.1, 0.15) is 0 Å². The smallest absolute Gasteiger partial charge is 0.249 e. The van der Waals surface area contributed by atoms with Crippen molar-refractivity contribution in [3.05, 3.63) is 53.2 Å². The molecule has 2 N–H and O–H groups in total. The molecule has 26 heavy (non-hydrogen) atoms. The summed E-state index contributed by atoms with van der Waals surface area (Å²) in [7, 11) is 3.17. The molecule has 0 bridgehead atoms. The Bertz CT molecular complexity index is 920. The van der Waals surface area contributed by atoms with Gasteiger partial charge in [-0.3, -0.25) is 0 Å². The molecule has 0 saturated carbocycles.